The summed E-state index contributed by atoms with van der Waals surface area (Å²) in [6, 6.07) is 7.35. The molecule has 3 nitrogen and oxygen atoms in total. The minimum atomic E-state index is -0.224. The average molecular weight is 293 g/mol. The predicted octanol–water partition coefficient (Wildman–Crippen LogP) is 5.13. The van der Waals surface area contributed by atoms with E-state index in [0.717, 1.165) is 18.5 Å². The number of unbranched alkanes of at least 4 members (excludes halogenated alkanes) is 1. The topological polar surface area (TPSA) is 38.3 Å². The molecular weight excluding hydrogens is 262 g/mol. The van der Waals surface area contributed by atoms with E-state index in [1.165, 1.54) is 12.8 Å². The summed E-state index contributed by atoms with van der Waals surface area (Å²) in [4.78, 5) is 11.9. The molecular formula is C18H31NO2. The van der Waals surface area contributed by atoms with Crippen LogP contribution in [0, 0.1) is 5.92 Å². The van der Waals surface area contributed by atoms with Crippen LogP contribution in [-0.4, -0.2) is 19.6 Å². The third-order valence-electron chi connectivity index (χ3n) is 3.40. The summed E-state index contributed by atoms with van der Waals surface area (Å²) in [5.41, 5.74) is 1.61. The standard InChI is InChI=1S/C16H25NO2.C2H6/c1-4-6-7-13(5-2)12-19-16(18)14-8-10-15(17-3)11-9-14;1-2/h8-11,13,17H,4-7,12H2,1-3H3;1-2H3. The van der Waals surface area contributed by atoms with Gasteiger partial charge in [-0.05, 0) is 36.6 Å². The van der Waals surface area contributed by atoms with E-state index in [9.17, 15) is 4.79 Å². The Kier molecular flexibility index (Phi) is 11.4. The first kappa shape index (κ1) is 19.5. The van der Waals surface area contributed by atoms with E-state index >= 15 is 0 Å². The first-order valence-electron chi connectivity index (χ1n) is 8.16. The molecule has 0 amide bonds. The third-order valence-corrected chi connectivity index (χ3v) is 3.40. The molecule has 3 heteroatoms. The minimum Gasteiger partial charge on any atom is -0.462 e. The lowest BCUT2D eigenvalue weighted by Crippen LogP contribution is -2.14. The van der Waals surface area contributed by atoms with Crippen LogP contribution in [0.1, 0.15) is 63.7 Å². The molecule has 0 saturated carbocycles. The van der Waals surface area contributed by atoms with E-state index in [0.29, 0.717) is 18.1 Å². The van der Waals surface area contributed by atoms with Gasteiger partial charge in [-0.2, -0.15) is 0 Å². The van der Waals surface area contributed by atoms with E-state index in [1.807, 2.05) is 33.0 Å². The highest BCUT2D eigenvalue weighted by Gasteiger charge is 2.11. The van der Waals surface area contributed by atoms with Crippen LogP contribution in [0.4, 0.5) is 5.69 Å². The Balaban J connectivity index is 0.00000191. The van der Waals surface area contributed by atoms with E-state index < -0.39 is 0 Å². The first-order valence-corrected chi connectivity index (χ1v) is 8.16. The second-order valence-corrected chi connectivity index (χ2v) is 4.84. The van der Waals surface area contributed by atoms with Crippen LogP contribution in [0.25, 0.3) is 0 Å². The summed E-state index contributed by atoms with van der Waals surface area (Å²) in [6.07, 6.45) is 4.59. The number of hydrogen-bond donors (Lipinski definition) is 1. The Morgan fingerprint density at radius 1 is 1.19 bits per heavy atom. The van der Waals surface area contributed by atoms with Crippen molar-refractivity contribution >= 4 is 11.7 Å². The van der Waals surface area contributed by atoms with E-state index in [1.54, 1.807) is 12.1 Å². The number of benzene rings is 1. The van der Waals surface area contributed by atoms with Gasteiger partial charge in [0.25, 0.3) is 0 Å². The average Bonchev–Trinajstić information content (AvgIpc) is 2.56. The van der Waals surface area contributed by atoms with Crippen LogP contribution < -0.4 is 5.32 Å². The lowest BCUT2D eigenvalue weighted by molar-refractivity contribution is 0.0428. The maximum Gasteiger partial charge on any atom is 0.338 e. The van der Waals surface area contributed by atoms with Crippen molar-refractivity contribution in [2.24, 2.45) is 5.92 Å². The van der Waals surface area contributed by atoms with Crippen molar-refractivity contribution in [1.29, 1.82) is 0 Å². The smallest absolute Gasteiger partial charge is 0.338 e. The number of hydrogen-bond acceptors (Lipinski definition) is 3. The largest absolute Gasteiger partial charge is 0.462 e. The van der Waals surface area contributed by atoms with Crippen molar-refractivity contribution in [3.05, 3.63) is 29.8 Å². The van der Waals surface area contributed by atoms with E-state index in [2.05, 4.69) is 19.2 Å². The van der Waals surface area contributed by atoms with Crippen molar-refractivity contribution < 1.29 is 9.53 Å². The predicted molar refractivity (Wildman–Crippen MR) is 90.9 cm³/mol. The van der Waals surface area contributed by atoms with Crippen molar-refractivity contribution in [1.82, 2.24) is 0 Å². The van der Waals surface area contributed by atoms with Crippen LogP contribution in [0.15, 0.2) is 24.3 Å². The van der Waals surface area contributed by atoms with Crippen LogP contribution in [0.5, 0.6) is 0 Å². The quantitative estimate of drug-likeness (QED) is 0.675. The zero-order valence-electron chi connectivity index (χ0n) is 14.2. The Bertz CT molecular complexity index is 373. The summed E-state index contributed by atoms with van der Waals surface area (Å²) in [7, 11) is 1.85. The van der Waals surface area contributed by atoms with Crippen LogP contribution >= 0.6 is 0 Å². The van der Waals surface area contributed by atoms with Gasteiger partial charge in [0.1, 0.15) is 0 Å². The number of carbonyl (C=O) groups excluding carboxylic acids is 1. The first-order chi connectivity index (χ1) is 10.2. The molecule has 120 valence electrons. The van der Waals surface area contributed by atoms with Crippen LogP contribution in [0.2, 0.25) is 0 Å². The zero-order chi connectivity index (χ0) is 16.1. The molecule has 0 bridgehead atoms. The van der Waals surface area contributed by atoms with Gasteiger partial charge in [-0.1, -0.05) is 47.0 Å². The summed E-state index contributed by atoms with van der Waals surface area (Å²) in [5, 5.41) is 3.02. The second-order valence-electron chi connectivity index (χ2n) is 4.84. The SMILES string of the molecule is CC.CCCCC(CC)COC(=O)c1ccc(NC)cc1. The Morgan fingerprint density at radius 3 is 2.29 bits per heavy atom. The number of carbonyl (C=O) groups is 1. The molecule has 0 radical (unpaired) electrons. The number of nitrogens with one attached hydrogen (secondary N) is 1. The lowest BCUT2D eigenvalue weighted by Gasteiger charge is -2.14. The number of esters is 1. The van der Waals surface area contributed by atoms with Gasteiger partial charge >= 0.3 is 5.97 Å². The number of rotatable bonds is 8. The fourth-order valence-electron chi connectivity index (χ4n) is 1.95. The highest BCUT2D eigenvalue weighted by molar-refractivity contribution is 5.89. The summed E-state index contributed by atoms with van der Waals surface area (Å²) < 4.78 is 5.39. The maximum absolute atomic E-state index is 11.9. The molecule has 1 aromatic carbocycles. The molecule has 0 fully saturated rings. The second kappa shape index (κ2) is 12.2. The van der Waals surface area contributed by atoms with Gasteiger partial charge in [-0.3, -0.25) is 0 Å². The normalized spacial score (nSPS) is 11.1. The molecule has 1 aromatic rings. The monoisotopic (exact) mass is 293 g/mol. The minimum absolute atomic E-state index is 0.224. The highest BCUT2D eigenvalue weighted by Crippen LogP contribution is 2.15. The Labute approximate surface area is 130 Å². The molecule has 0 heterocycles. The molecule has 0 aliphatic carbocycles. The molecule has 0 spiro atoms. The van der Waals surface area contributed by atoms with Gasteiger partial charge in [0.15, 0.2) is 0 Å². The molecule has 1 unspecified atom stereocenters. The molecule has 1 N–H and O–H groups in total. The maximum atomic E-state index is 11.9. The molecule has 0 saturated heterocycles. The highest BCUT2D eigenvalue weighted by atomic mass is 16.5. The summed E-state index contributed by atoms with van der Waals surface area (Å²) in [6.45, 7) is 8.86. The number of ether oxygens (including phenoxy) is 1. The molecule has 1 rings (SSSR count). The van der Waals surface area contributed by atoms with Gasteiger partial charge in [0.2, 0.25) is 0 Å². The van der Waals surface area contributed by atoms with Gasteiger partial charge in [0.05, 0.1) is 12.2 Å². The van der Waals surface area contributed by atoms with Crippen molar-refractivity contribution in [2.45, 2.75) is 53.4 Å². The third kappa shape index (κ3) is 7.74. The molecule has 21 heavy (non-hydrogen) atoms. The van der Waals surface area contributed by atoms with Crippen LogP contribution in [0.3, 0.4) is 0 Å². The molecule has 1 atom stereocenters. The van der Waals surface area contributed by atoms with Gasteiger partial charge < -0.3 is 10.1 Å². The number of anilines is 1. The Morgan fingerprint density at radius 2 is 1.81 bits per heavy atom. The van der Waals surface area contributed by atoms with E-state index in [-0.39, 0.29) is 5.97 Å². The van der Waals surface area contributed by atoms with Crippen LogP contribution in [-0.2, 0) is 4.74 Å². The van der Waals surface area contributed by atoms with E-state index in [4.69, 9.17) is 4.74 Å². The molecule has 0 aromatic heterocycles. The fourth-order valence-corrected chi connectivity index (χ4v) is 1.95. The van der Waals surface area contributed by atoms with Gasteiger partial charge in [-0.15, -0.1) is 0 Å². The van der Waals surface area contributed by atoms with Crippen molar-refractivity contribution in [3.8, 4) is 0 Å². The fraction of sp³-hybridized carbons (Fsp3) is 0.611. The van der Waals surface area contributed by atoms with Crippen molar-refractivity contribution in [2.75, 3.05) is 19.0 Å². The lowest BCUT2D eigenvalue weighted by atomic mass is 10.0. The molecule has 0 aliphatic heterocycles. The summed E-state index contributed by atoms with van der Waals surface area (Å²) in [5.74, 6) is 0.262. The zero-order valence-corrected chi connectivity index (χ0v) is 14.2. The van der Waals surface area contributed by atoms with Crippen molar-refractivity contribution in [3.63, 3.8) is 0 Å². The Hall–Kier alpha value is -1.51. The molecule has 0 aliphatic rings. The van der Waals surface area contributed by atoms with Gasteiger partial charge in [0, 0.05) is 12.7 Å². The summed E-state index contributed by atoms with van der Waals surface area (Å²) >= 11 is 0. The van der Waals surface area contributed by atoms with Gasteiger partial charge in [-0.25, -0.2) is 4.79 Å².